The molecule has 3 rings (SSSR count). The summed E-state index contributed by atoms with van der Waals surface area (Å²) in [4.78, 5) is 25.5. The van der Waals surface area contributed by atoms with Gasteiger partial charge in [-0.1, -0.05) is 19.1 Å². The zero-order valence-electron chi connectivity index (χ0n) is 16.6. The summed E-state index contributed by atoms with van der Waals surface area (Å²) >= 11 is 0. The molecule has 30 heavy (non-hydrogen) atoms. The maximum absolute atomic E-state index is 12.5. The van der Waals surface area contributed by atoms with E-state index in [1.807, 2.05) is 25.1 Å². The zero-order chi connectivity index (χ0) is 21.5. The van der Waals surface area contributed by atoms with Gasteiger partial charge in [-0.25, -0.2) is 0 Å². The van der Waals surface area contributed by atoms with Crippen LogP contribution in [0, 0.1) is 21.4 Å². The first-order valence-electron chi connectivity index (χ1n) is 9.65. The van der Waals surface area contributed by atoms with Gasteiger partial charge in [0.25, 0.3) is 11.6 Å². The van der Waals surface area contributed by atoms with E-state index < -0.39 is 10.8 Å². The van der Waals surface area contributed by atoms with Crippen molar-refractivity contribution in [3.8, 4) is 6.07 Å². The molecular weight excluding hydrogens is 384 g/mol. The van der Waals surface area contributed by atoms with Gasteiger partial charge in [-0.3, -0.25) is 14.9 Å². The van der Waals surface area contributed by atoms with E-state index in [0.717, 1.165) is 18.8 Å². The molecule has 2 aromatic rings. The third-order valence-electron chi connectivity index (χ3n) is 4.86. The minimum Gasteiger partial charge on any atom is -0.378 e. The number of amides is 1. The zero-order valence-corrected chi connectivity index (χ0v) is 16.6. The molecule has 154 valence electrons. The highest BCUT2D eigenvalue weighted by Gasteiger charge is 2.15. The first kappa shape index (κ1) is 21.0. The van der Waals surface area contributed by atoms with E-state index in [1.165, 1.54) is 12.1 Å². The molecule has 0 bridgehead atoms. The summed E-state index contributed by atoms with van der Waals surface area (Å²) in [5.74, 6) is -0.571. The number of hydrogen-bond donors (Lipinski definition) is 1. The lowest BCUT2D eigenvalue weighted by molar-refractivity contribution is -0.385. The van der Waals surface area contributed by atoms with Gasteiger partial charge in [0.2, 0.25) is 0 Å². The maximum atomic E-state index is 12.5. The van der Waals surface area contributed by atoms with E-state index >= 15 is 0 Å². The van der Waals surface area contributed by atoms with Crippen molar-refractivity contribution in [2.75, 3.05) is 36.5 Å². The highest BCUT2D eigenvalue weighted by atomic mass is 16.6. The molecule has 0 radical (unpaired) electrons. The van der Waals surface area contributed by atoms with Gasteiger partial charge in [0, 0.05) is 36.1 Å². The topological polar surface area (TPSA) is 108 Å². The minimum absolute atomic E-state index is 0.0253. The predicted molar refractivity (Wildman–Crippen MR) is 114 cm³/mol. The molecule has 1 heterocycles. The van der Waals surface area contributed by atoms with Gasteiger partial charge >= 0.3 is 0 Å². The van der Waals surface area contributed by atoms with Crippen molar-refractivity contribution >= 4 is 29.0 Å². The Morgan fingerprint density at radius 2 is 1.97 bits per heavy atom. The first-order valence-corrected chi connectivity index (χ1v) is 9.65. The molecule has 0 spiro atoms. The molecule has 2 aromatic carbocycles. The third-order valence-corrected chi connectivity index (χ3v) is 4.86. The summed E-state index contributed by atoms with van der Waals surface area (Å²) in [6.07, 6.45) is 1.87. The average molecular weight is 406 g/mol. The number of carbonyl (C=O) groups is 1. The van der Waals surface area contributed by atoms with Crippen LogP contribution >= 0.6 is 0 Å². The Labute approximate surface area is 174 Å². The highest BCUT2D eigenvalue weighted by Crippen LogP contribution is 2.23. The van der Waals surface area contributed by atoms with Crippen LogP contribution in [0.4, 0.5) is 17.1 Å². The number of nitro groups is 1. The van der Waals surface area contributed by atoms with Crippen LogP contribution in [0.2, 0.25) is 0 Å². The van der Waals surface area contributed by atoms with E-state index in [4.69, 9.17) is 4.74 Å². The number of nitriles is 1. The van der Waals surface area contributed by atoms with Crippen LogP contribution in [0.15, 0.2) is 48.0 Å². The fourth-order valence-corrected chi connectivity index (χ4v) is 3.23. The van der Waals surface area contributed by atoms with E-state index in [0.29, 0.717) is 36.4 Å². The fourth-order valence-electron chi connectivity index (χ4n) is 3.23. The number of morpholine rings is 1. The highest BCUT2D eigenvalue weighted by molar-refractivity contribution is 6.09. The summed E-state index contributed by atoms with van der Waals surface area (Å²) in [6.45, 7) is 4.83. The van der Waals surface area contributed by atoms with Crippen molar-refractivity contribution in [1.29, 1.82) is 5.26 Å². The molecule has 0 aromatic heterocycles. The maximum Gasteiger partial charge on any atom is 0.273 e. The van der Waals surface area contributed by atoms with Crippen LogP contribution in [-0.2, 0) is 16.0 Å². The third kappa shape index (κ3) is 5.01. The van der Waals surface area contributed by atoms with Crippen LogP contribution in [-0.4, -0.2) is 37.1 Å². The van der Waals surface area contributed by atoms with Crippen molar-refractivity contribution in [2.24, 2.45) is 0 Å². The molecule has 8 nitrogen and oxygen atoms in total. The number of ether oxygens (including phenoxy) is 1. The number of nitro benzene ring substituents is 1. The summed E-state index contributed by atoms with van der Waals surface area (Å²) in [5.41, 5.74) is 2.46. The van der Waals surface area contributed by atoms with Crippen molar-refractivity contribution in [3.63, 3.8) is 0 Å². The Kier molecular flexibility index (Phi) is 6.78. The molecule has 0 atom stereocenters. The molecule has 0 saturated carbocycles. The summed E-state index contributed by atoms with van der Waals surface area (Å²) in [7, 11) is 0. The minimum atomic E-state index is -0.571. The Hall–Kier alpha value is -3.70. The molecule has 1 aliphatic rings. The Balaban J connectivity index is 1.74. The van der Waals surface area contributed by atoms with Crippen LogP contribution in [0.5, 0.6) is 0 Å². The SMILES string of the molecule is CCc1ccc(/C=C(\C#N)C(=O)Nc2ccc(N3CCOCC3)cc2)cc1[N+](=O)[O-]. The number of anilines is 2. The number of nitrogens with zero attached hydrogens (tertiary/aromatic N) is 3. The quantitative estimate of drug-likeness (QED) is 0.340. The van der Waals surface area contributed by atoms with E-state index in [2.05, 4.69) is 10.2 Å². The molecule has 1 fully saturated rings. The standard InChI is InChI=1S/C22H22N4O4/c1-2-17-4-3-16(14-21(17)26(28)29)13-18(15-23)22(27)24-19-5-7-20(8-6-19)25-9-11-30-12-10-25/h3-8,13-14H,2,9-12H2,1H3,(H,24,27)/b18-13+. The average Bonchev–Trinajstić information content (AvgIpc) is 2.78. The molecule has 1 amide bonds. The molecular formula is C22H22N4O4. The van der Waals surface area contributed by atoms with Crippen molar-refractivity contribution < 1.29 is 14.5 Å². The van der Waals surface area contributed by atoms with E-state index in [9.17, 15) is 20.2 Å². The fraction of sp³-hybridized carbons (Fsp3) is 0.273. The Morgan fingerprint density at radius 3 is 2.57 bits per heavy atom. The molecule has 0 unspecified atom stereocenters. The number of hydrogen-bond acceptors (Lipinski definition) is 6. The lowest BCUT2D eigenvalue weighted by Crippen LogP contribution is -2.36. The Bertz CT molecular complexity index is 1000. The lowest BCUT2D eigenvalue weighted by atomic mass is 10.0. The van der Waals surface area contributed by atoms with Crippen LogP contribution in [0.3, 0.4) is 0 Å². The summed E-state index contributed by atoms with van der Waals surface area (Å²) in [5, 5.41) is 23.3. The van der Waals surface area contributed by atoms with Gasteiger partial charge in [-0.05, 0) is 42.3 Å². The van der Waals surface area contributed by atoms with Gasteiger partial charge in [0.1, 0.15) is 11.6 Å². The van der Waals surface area contributed by atoms with Crippen LogP contribution in [0.25, 0.3) is 6.08 Å². The molecule has 1 N–H and O–H groups in total. The Morgan fingerprint density at radius 1 is 1.27 bits per heavy atom. The number of carbonyl (C=O) groups excluding carboxylic acids is 1. The van der Waals surface area contributed by atoms with E-state index in [-0.39, 0.29) is 11.3 Å². The van der Waals surface area contributed by atoms with Crippen molar-refractivity contribution in [3.05, 3.63) is 69.3 Å². The number of rotatable bonds is 6. The van der Waals surface area contributed by atoms with Crippen molar-refractivity contribution in [2.45, 2.75) is 13.3 Å². The van der Waals surface area contributed by atoms with Gasteiger partial charge in [0.15, 0.2) is 0 Å². The van der Waals surface area contributed by atoms with Gasteiger partial charge < -0.3 is 15.0 Å². The molecule has 0 aliphatic carbocycles. The second-order valence-corrected chi connectivity index (χ2v) is 6.77. The first-order chi connectivity index (χ1) is 14.5. The van der Waals surface area contributed by atoms with E-state index in [1.54, 1.807) is 24.3 Å². The largest absolute Gasteiger partial charge is 0.378 e. The molecule has 1 saturated heterocycles. The number of benzene rings is 2. The monoisotopic (exact) mass is 406 g/mol. The van der Waals surface area contributed by atoms with Crippen LogP contribution < -0.4 is 10.2 Å². The van der Waals surface area contributed by atoms with Gasteiger partial charge in [-0.2, -0.15) is 5.26 Å². The smallest absolute Gasteiger partial charge is 0.273 e. The van der Waals surface area contributed by atoms with Gasteiger partial charge in [0.05, 0.1) is 18.1 Å². The second kappa shape index (κ2) is 9.67. The number of aryl methyl sites for hydroxylation is 1. The molecule has 1 aliphatic heterocycles. The molecule has 8 heteroatoms. The van der Waals surface area contributed by atoms with Crippen LogP contribution in [0.1, 0.15) is 18.1 Å². The lowest BCUT2D eigenvalue weighted by Gasteiger charge is -2.28. The number of nitrogens with one attached hydrogen (secondary N) is 1. The van der Waals surface area contributed by atoms with Gasteiger partial charge in [-0.15, -0.1) is 0 Å². The normalized spacial score (nSPS) is 14.1. The summed E-state index contributed by atoms with van der Waals surface area (Å²) in [6, 6.07) is 13.9. The predicted octanol–water partition coefficient (Wildman–Crippen LogP) is 3.54. The summed E-state index contributed by atoms with van der Waals surface area (Å²) < 4.78 is 5.35. The second-order valence-electron chi connectivity index (χ2n) is 6.77. The van der Waals surface area contributed by atoms with Crippen molar-refractivity contribution in [1.82, 2.24) is 0 Å².